The van der Waals surface area contributed by atoms with Crippen molar-refractivity contribution in [1.29, 1.82) is 0 Å². The van der Waals surface area contributed by atoms with Crippen LogP contribution in [0.15, 0.2) is 4.79 Å². The van der Waals surface area contributed by atoms with Gasteiger partial charge in [0, 0.05) is 19.2 Å². The third-order valence-corrected chi connectivity index (χ3v) is 5.30. The van der Waals surface area contributed by atoms with Crippen LogP contribution in [-0.4, -0.2) is 35.9 Å². The van der Waals surface area contributed by atoms with Crippen molar-refractivity contribution in [2.75, 3.05) is 0 Å². The van der Waals surface area contributed by atoms with Crippen LogP contribution in [0.4, 0.5) is 0 Å². The Morgan fingerprint density at radius 2 is 1.85 bits per heavy atom. The van der Waals surface area contributed by atoms with Crippen molar-refractivity contribution in [2.24, 2.45) is 7.05 Å². The van der Waals surface area contributed by atoms with E-state index < -0.39 is 0 Å². The fourth-order valence-corrected chi connectivity index (χ4v) is 3.77. The van der Waals surface area contributed by atoms with E-state index in [1.54, 1.807) is 30.5 Å². The van der Waals surface area contributed by atoms with E-state index in [2.05, 4.69) is 10.1 Å². The van der Waals surface area contributed by atoms with E-state index in [0.29, 0.717) is 34.9 Å². The average Bonchev–Trinajstić information content (AvgIpc) is 3.13. The van der Waals surface area contributed by atoms with Crippen LogP contribution in [0.25, 0.3) is 0 Å². The lowest BCUT2D eigenvalue weighted by molar-refractivity contribution is -0.132. The molecule has 1 aliphatic heterocycles. The number of carbonyl (C=O) groups excluding carboxylic acids is 2. The molecule has 8 nitrogen and oxygen atoms in total. The molecular formula is C19H25N5O3. The molecule has 27 heavy (non-hydrogen) atoms. The van der Waals surface area contributed by atoms with Gasteiger partial charge in [-0.15, -0.1) is 0 Å². The molecule has 0 aliphatic carbocycles. The number of ketones is 1. The zero-order valence-corrected chi connectivity index (χ0v) is 16.7. The van der Waals surface area contributed by atoms with Gasteiger partial charge in [-0.3, -0.25) is 23.6 Å². The lowest BCUT2D eigenvalue weighted by Crippen LogP contribution is -2.29. The van der Waals surface area contributed by atoms with Gasteiger partial charge in [-0.25, -0.2) is 4.98 Å². The minimum atomic E-state index is -0.189. The number of hydrogen-bond acceptors (Lipinski definition) is 5. The lowest BCUT2D eigenvalue weighted by Gasteiger charge is -2.19. The zero-order valence-electron chi connectivity index (χ0n) is 16.7. The Bertz CT molecular complexity index is 1000. The Balaban J connectivity index is 1.77. The number of aromatic nitrogens is 4. The molecule has 8 heteroatoms. The van der Waals surface area contributed by atoms with Crippen LogP contribution in [0.5, 0.6) is 0 Å². The van der Waals surface area contributed by atoms with Gasteiger partial charge >= 0.3 is 0 Å². The molecule has 3 rings (SSSR count). The van der Waals surface area contributed by atoms with Crippen LogP contribution in [-0.2, 0) is 24.9 Å². The van der Waals surface area contributed by atoms with Crippen molar-refractivity contribution in [3.63, 3.8) is 0 Å². The van der Waals surface area contributed by atoms with Crippen molar-refractivity contribution in [2.45, 2.75) is 60.2 Å². The maximum Gasteiger partial charge on any atom is 0.258 e. The Morgan fingerprint density at radius 3 is 2.44 bits per heavy atom. The third kappa shape index (κ3) is 3.20. The van der Waals surface area contributed by atoms with E-state index in [-0.39, 0.29) is 36.3 Å². The smallest absolute Gasteiger partial charge is 0.258 e. The van der Waals surface area contributed by atoms with Gasteiger partial charge in [0.25, 0.3) is 5.56 Å². The van der Waals surface area contributed by atoms with Crippen LogP contribution < -0.4 is 5.56 Å². The summed E-state index contributed by atoms with van der Waals surface area (Å²) in [4.78, 5) is 43.1. The molecule has 0 spiro atoms. The first-order chi connectivity index (χ1) is 12.6. The second-order valence-electron chi connectivity index (χ2n) is 7.30. The summed E-state index contributed by atoms with van der Waals surface area (Å²) in [5, 5.41) is 4.45. The molecule has 0 unspecified atom stereocenters. The quantitative estimate of drug-likeness (QED) is 0.762. The van der Waals surface area contributed by atoms with Crippen LogP contribution >= 0.6 is 0 Å². The summed E-state index contributed by atoms with van der Waals surface area (Å²) in [6.07, 6.45) is 0.243. The molecule has 0 radical (unpaired) electrons. The van der Waals surface area contributed by atoms with Gasteiger partial charge in [-0.1, -0.05) is 0 Å². The van der Waals surface area contributed by atoms with Gasteiger partial charge in [0.05, 0.1) is 41.6 Å². The van der Waals surface area contributed by atoms with Gasteiger partial charge in [-0.2, -0.15) is 5.10 Å². The number of nitrogens with zero attached hydrogens (tertiary/aromatic N) is 5. The first-order valence-electron chi connectivity index (χ1n) is 9.01. The molecule has 3 heterocycles. The second kappa shape index (κ2) is 6.75. The molecule has 144 valence electrons. The second-order valence-corrected chi connectivity index (χ2v) is 7.30. The molecule has 2 aromatic heterocycles. The Morgan fingerprint density at radius 1 is 1.19 bits per heavy atom. The molecule has 1 aliphatic rings. The molecule has 2 aromatic rings. The molecule has 0 saturated heterocycles. The molecular weight excluding hydrogens is 346 g/mol. The molecule has 1 amide bonds. The van der Waals surface area contributed by atoms with Crippen LogP contribution in [0.3, 0.4) is 0 Å². The maximum absolute atomic E-state index is 12.8. The SMILES string of the molecule is CC(=O)c1c(C)nn([C@@H](C)CC(=O)N2Cc3nc(C)n(C)c(=O)c3C2)c1C. The van der Waals surface area contributed by atoms with Gasteiger partial charge in [-0.05, 0) is 34.6 Å². The lowest BCUT2D eigenvalue weighted by atomic mass is 10.1. The molecule has 0 N–H and O–H groups in total. The Hall–Kier alpha value is -2.77. The van der Waals surface area contributed by atoms with Gasteiger partial charge in [0.15, 0.2) is 5.78 Å². The summed E-state index contributed by atoms with van der Waals surface area (Å²) in [6, 6.07) is -0.189. The van der Waals surface area contributed by atoms with Crippen LogP contribution in [0.1, 0.15) is 65.1 Å². The number of Topliss-reactive ketones (excluding diaryl/α,β-unsaturated/α-hetero) is 1. The number of aryl methyl sites for hydroxylation is 2. The minimum Gasteiger partial charge on any atom is -0.332 e. The largest absolute Gasteiger partial charge is 0.332 e. The van der Waals surface area contributed by atoms with Gasteiger partial charge in [0.2, 0.25) is 5.91 Å². The average molecular weight is 371 g/mol. The van der Waals surface area contributed by atoms with E-state index in [4.69, 9.17) is 0 Å². The number of fused-ring (bicyclic) bond motifs is 1. The number of rotatable bonds is 4. The molecule has 0 fully saturated rings. The fraction of sp³-hybridized carbons (Fsp3) is 0.526. The van der Waals surface area contributed by atoms with Crippen molar-refractivity contribution in [3.8, 4) is 0 Å². The molecule has 1 atom stereocenters. The highest BCUT2D eigenvalue weighted by molar-refractivity contribution is 5.96. The zero-order chi connectivity index (χ0) is 20.0. The van der Waals surface area contributed by atoms with Crippen molar-refractivity contribution >= 4 is 11.7 Å². The van der Waals surface area contributed by atoms with E-state index in [0.717, 1.165) is 5.69 Å². The van der Waals surface area contributed by atoms with E-state index in [9.17, 15) is 14.4 Å². The molecule has 0 saturated carbocycles. The first-order valence-corrected chi connectivity index (χ1v) is 9.01. The highest BCUT2D eigenvalue weighted by atomic mass is 16.2. The first kappa shape index (κ1) is 19.0. The van der Waals surface area contributed by atoms with Crippen molar-refractivity contribution in [3.05, 3.63) is 44.4 Å². The van der Waals surface area contributed by atoms with E-state index in [1.807, 2.05) is 13.8 Å². The summed E-state index contributed by atoms with van der Waals surface area (Å²) in [6.45, 7) is 9.50. The minimum absolute atomic E-state index is 0.0259. The molecule has 0 bridgehead atoms. The van der Waals surface area contributed by atoms with Crippen LogP contribution in [0, 0.1) is 20.8 Å². The summed E-state index contributed by atoms with van der Waals surface area (Å²) < 4.78 is 3.25. The summed E-state index contributed by atoms with van der Waals surface area (Å²) >= 11 is 0. The number of hydrogen-bond donors (Lipinski definition) is 0. The third-order valence-electron chi connectivity index (χ3n) is 5.30. The number of amides is 1. The number of carbonyl (C=O) groups is 2. The Kier molecular flexibility index (Phi) is 4.75. The highest BCUT2D eigenvalue weighted by Crippen LogP contribution is 2.24. The standard InChI is InChI=1S/C19H25N5O3/c1-10(24-12(3)18(13(4)25)11(2)21-24)7-17(26)23-8-15-16(9-23)20-14(5)22(6)19(15)27/h10H,7-9H2,1-6H3/t10-/m0/s1. The fourth-order valence-electron chi connectivity index (χ4n) is 3.77. The summed E-state index contributed by atoms with van der Waals surface area (Å²) in [5.74, 6) is 0.556. The van der Waals surface area contributed by atoms with Gasteiger partial charge in [0.1, 0.15) is 5.82 Å². The van der Waals surface area contributed by atoms with E-state index in [1.165, 1.54) is 11.5 Å². The predicted molar refractivity (Wildman–Crippen MR) is 99.5 cm³/mol. The van der Waals surface area contributed by atoms with Crippen molar-refractivity contribution < 1.29 is 9.59 Å². The van der Waals surface area contributed by atoms with Crippen LogP contribution in [0.2, 0.25) is 0 Å². The maximum atomic E-state index is 12.8. The van der Waals surface area contributed by atoms with Gasteiger partial charge < -0.3 is 4.90 Å². The summed E-state index contributed by atoms with van der Waals surface area (Å²) in [7, 11) is 1.69. The van der Waals surface area contributed by atoms with E-state index >= 15 is 0 Å². The topological polar surface area (TPSA) is 90.1 Å². The summed E-state index contributed by atoms with van der Waals surface area (Å²) in [5.41, 5.74) is 3.25. The molecule has 0 aromatic carbocycles. The predicted octanol–water partition coefficient (Wildman–Crippen LogP) is 1.60. The monoisotopic (exact) mass is 371 g/mol. The Labute approximate surface area is 157 Å². The normalized spacial score (nSPS) is 14.4. The van der Waals surface area contributed by atoms with Crippen molar-refractivity contribution in [1.82, 2.24) is 24.2 Å². The highest BCUT2D eigenvalue weighted by Gasteiger charge is 2.29.